The van der Waals surface area contributed by atoms with Crippen molar-refractivity contribution in [1.29, 1.82) is 0 Å². The van der Waals surface area contributed by atoms with Crippen LogP contribution in [0.3, 0.4) is 0 Å². The van der Waals surface area contributed by atoms with Crippen LogP contribution in [0, 0.1) is 11.3 Å². The first-order chi connectivity index (χ1) is 5.44. The molecule has 0 saturated carbocycles. The highest BCUT2D eigenvalue weighted by molar-refractivity contribution is 4.93. The Morgan fingerprint density at radius 2 is 2.00 bits per heavy atom. The summed E-state index contributed by atoms with van der Waals surface area (Å²) in [6.45, 7) is 9.79. The predicted octanol–water partition coefficient (Wildman–Crippen LogP) is 1.39. The molecule has 0 aromatic carbocycles. The van der Waals surface area contributed by atoms with Crippen molar-refractivity contribution in [2.45, 2.75) is 46.3 Å². The number of rotatable bonds is 2. The van der Waals surface area contributed by atoms with Gasteiger partial charge in [-0.05, 0) is 17.8 Å². The molecule has 0 aliphatic carbocycles. The second-order valence-electron chi connectivity index (χ2n) is 4.83. The van der Waals surface area contributed by atoms with Gasteiger partial charge < -0.3 is 10.4 Å². The van der Waals surface area contributed by atoms with Gasteiger partial charge in [0.15, 0.2) is 0 Å². The molecular weight excluding hydrogens is 150 g/mol. The Morgan fingerprint density at radius 3 is 2.33 bits per heavy atom. The molecule has 1 rings (SSSR count). The Bertz CT molecular complexity index is 154. The van der Waals surface area contributed by atoms with Gasteiger partial charge in [-0.15, -0.1) is 0 Å². The third kappa shape index (κ3) is 1.80. The van der Waals surface area contributed by atoms with Crippen molar-refractivity contribution in [1.82, 2.24) is 5.32 Å². The normalized spacial score (nSPS) is 31.5. The maximum absolute atomic E-state index is 9.38. The number of aliphatic hydroxyl groups is 1. The van der Waals surface area contributed by atoms with Crippen LogP contribution < -0.4 is 5.32 Å². The lowest BCUT2D eigenvalue weighted by Gasteiger charge is -2.35. The van der Waals surface area contributed by atoms with Gasteiger partial charge in [0.2, 0.25) is 0 Å². The molecule has 0 bridgehead atoms. The van der Waals surface area contributed by atoms with Crippen molar-refractivity contribution in [3.05, 3.63) is 0 Å². The lowest BCUT2D eigenvalue weighted by molar-refractivity contribution is 0.151. The molecule has 2 atom stereocenters. The summed E-state index contributed by atoms with van der Waals surface area (Å²) in [6.07, 6.45) is 0.776. The third-order valence-electron chi connectivity index (χ3n) is 3.49. The van der Waals surface area contributed by atoms with Crippen LogP contribution in [0.15, 0.2) is 0 Å². The fourth-order valence-electron chi connectivity index (χ4n) is 1.69. The first-order valence-corrected chi connectivity index (χ1v) is 4.86. The van der Waals surface area contributed by atoms with Gasteiger partial charge in [-0.25, -0.2) is 0 Å². The highest BCUT2D eigenvalue weighted by Crippen LogP contribution is 2.34. The summed E-state index contributed by atoms with van der Waals surface area (Å²) in [6, 6.07) is 0.479. The Morgan fingerprint density at radius 1 is 1.42 bits per heavy atom. The third-order valence-corrected chi connectivity index (χ3v) is 3.49. The molecule has 1 fully saturated rings. The lowest BCUT2D eigenvalue weighted by Crippen LogP contribution is -2.40. The van der Waals surface area contributed by atoms with Gasteiger partial charge in [0.25, 0.3) is 0 Å². The fourth-order valence-corrected chi connectivity index (χ4v) is 1.69. The average Bonchev–Trinajstić information content (AvgIpc) is 2.35. The van der Waals surface area contributed by atoms with Gasteiger partial charge in [0.05, 0.1) is 6.10 Å². The minimum absolute atomic E-state index is 0.131. The molecule has 1 aliphatic heterocycles. The van der Waals surface area contributed by atoms with Gasteiger partial charge >= 0.3 is 0 Å². The van der Waals surface area contributed by atoms with Crippen molar-refractivity contribution in [2.24, 2.45) is 11.3 Å². The molecule has 72 valence electrons. The van der Waals surface area contributed by atoms with E-state index in [0.29, 0.717) is 12.0 Å². The van der Waals surface area contributed by atoms with E-state index in [1.807, 2.05) is 0 Å². The molecule has 0 aromatic rings. The van der Waals surface area contributed by atoms with Gasteiger partial charge in [0.1, 0.15) is 0 Å². The second kappa shape index (κ2) is 3.35. The predicted molar refractivity (Wildman–Crippen MR) is 51.0 cm³/mol. The molecule has 1 aliphatic rings. The molecule has 0 aromatic heterocycles. The van der Waals surface area contributed by atoms with Crippen LogP contribution in [0.1, 0.15) is 34.1 Å². The summed E-state index contributed by atoms with van der Waals surface area (Å²) >= 11 is 0. The Kier molecular flexibility index (Phi) is 2.79. The number of β-amino-alcohol motifs (C(OH)–C–C–N with tert-alkyl or cyclic N) is 1. The van der Waals surface area contributed by atoms with Crippen LogP contribution >= 0.6 is 0 Å². The zero-order valence-electron chi connectivity index (χ0n) is 8.59. The van der Waals surface area contributed by atoms with Gasteiger partial charge in [0, 0.05) is 12.6 Å². The first-order valence-electron chi connectivity index (χ1n) is 4.86. The minimum Gasteiger partial charge on any atom is -0.392 e. The van der Waals surface area contributed by atoms with E-state index in [9.17, 15) is 5.11 Å². The number of nitrogens with one attached hydrogen (secondary N) is 1. The molecule has 0 spiro atoms. The van der Waals surface area contributed by atoms with Crippen LogP contribution in [-0.4, -0.2) is 23.8 Å². The summed E-state index contributed by atoms with van der Waals surface area (Å²) in [5, 5.41) is 12.8. The Labute approximate surface area is 75.4 Å². The molecule has 0 amide bonds. The minimum atomic E-state index is -0.131. The van der Waals surface area contributed by atoms with E-state index in [2.05, 4.69) is 33.0 Å². The summed E-state index contributed by atoms with van der Waals surface area (Å²) in [7, 11) is 0. The topological polar surface area (TPSA) is 32.3 Å². The largest absolute Gasteiger partial charge is 0.392 e. The summed E-state index contributed by atoms with van der Waals surface area (Å²) in [5.74, 6) is 0.653. The zero-order chi connectivity index (χ0) is 9.35. The molecular formula is C10H21NO. The monoisotopic (exact) mass is 171 g/mol. The second-order valence-corrected chi connectivity index (χ2v) is 4.83. The smallest absolute Gasteiger partial charge is 0.0679 e. The summed E-state index contributed by atoms with van der Waals surface area (Å²) in [5.41, 5.74) is 0.289. The molecule has 2 unspecified atom stereocenters. The van der Waals surface area contributed by atoms with Crippen LogP contribution in [-0.2, 0) is 0 Å². The fraction of sp³-hybridized carbons (Fsp3) is 1.00. The lowest BCUT2D eigenvalue weighted by atomic mass is 9.74. The summed E-state index contributed by atoms with van der Waals surface area (Å²) in [4.78, 5) is 0. The number of hydrogen-bond acceptors (Lipinski definition) is 2. The highest BCUT2D eigenvalue weighted by atomic mass is 16.3. The van der Waals surface area contributed by atoms with Crippen molar-refractivity contribution in [3.8, 4) is 0 Å². The molecule has 12 heavy (non-hydrogen) atoms. The van der Waals surface area contributed by atoms with E-state index in [1.54, 1.807) is 0 Å². The van der Waals surface area contributed by atoms with E-state index < -0.39 is 0 Å². The van der Waals surface area contributed by atoms with Crippen LogP contribution in [0.4, 0.5) is 0 Å². The zero-order valence-corrected chi connectivity index (χ0v) is 8.59. The number of aliphatic hydroxyl groups excluding tert-OH is 1. The van der Waals surface area contributed by atoms with E-state index >= 15 is 0 Å². The SMILES string of the molecule is CC(C)C(C)(C)C1CC(O)CN1. The molecule has 2 heteroatoms. The van der Waals surface area contributed by atoms with Crippen LogP contribution in [0.5, 0.6) is 0 Å². The maximum atomic E-state index is 9.38. The van der Waals surface area contributed by atoms with Crippen molar-refractivity contribution in [2.75, 3.05) is 6.54 Å². The number of hydrogen-bond donors (Lipinski definition) is 2. The first kappa shape index (κ1) is 10.0. The van der Waals surface area contributed by atoms with Crippen LogP contribution in [0.2, 0.25) is 0 Å². The Balaban J connectivity index is 2.57. The molecule has 2 N–H and O–H groups in total. The Hall–Kier alpha value is -0.0800. The van der Waals surface area contributed by atoms with Crippen molar-refractivity contribution in [3.63, 3.8) is 0 Å². The highest BCUT2D eigenvalue weighted by Gasteiger charge is 2.36. The van der Waals surface area contributed by atoms with E-state index in [0.717, 1.165) is 13.0 Å². The van der Waals surface area contributed by atoms with Crippen molar-refractivity contribution >= 4 is 0 Å². The average molecular weight is 171 g/mol. The van der Waals surface area contributed by atoms with Crippen molar-refractivity contribution < 1.29 is 5.11 Å². The standard InChI is InChI=1S/C10H21NO/c1-7(2)10(3,4)9-5-8(12)6-11-9/h7-9,11-12H,5-6H2,1-4H3. The van der Waals surface area contributed by atoms with Gasteiger partial charge in [-0.1, -0.05) is 27.7 Å². The molecule has 1 saturated heterocycles. The summed E-state index contributed by atoms with van der Waals surface area (Å²) < 4.78 is 0. The van der Waals surface area contributed by atoms with E-state index in [4.69, 9.17) is 0 Å². The maximum Gasteiger partial charge on any atom is 0.0679 e. The van der Waals surface area contributed by atoms with E-state index in [1.165, 1.54) is 0 Å². The molecule has 2 nitrogen and oxygen atoms in total. The molecule has 1 heterocycles. The van der Waals surface area contributed by atoms with Gasteiger partial charge in [-0.3, -0.25) is 0 Å². The quantitative estimate of drug-likeness (QED) is 0.658. The molecule has 0 radical (unpaired) electrons. The van der Waals surface area contributed by atoms with E-state index in [-0.39, 0.29) is 11.5 Å². The van der Waals surface area contributed by atoms with Gasteiger partial charge in [-0.2, -0.15) is 0 Å². The van der Waals surface area contributed by atoms with Crippen LogP contribution in [0.25, 0.3) is 0 Å².